The first-order valence-electron chi connectivity index (χ1n) is 24.0. The molecule has 0 amide bonds. The van der Waals surface area contributed by atoms with Gasteiger partial charge in [0.15, 0.2) is 0 Å². The first-order chi connectivity index (χ1) is 30.7. The highest BCUT2D eigenvalue weighted by Crippen LogP contribution is 2.69. The molecule has 0 saturated heterocycles. The van der Waals surface area contributed by atoms with Crippen LogP contribution in [0.25, 0.3) is 49.7 Å². The molecule has 8 aliphatic rings. The van der Waals surface area contributed by atoms with Crippen molar-refractivity contribution in [3.8, 4) is 27.9 Å². The predicted molar refractivity (Wildman–Crippen MR) is 255 cm³/mol. The first kappa shape index (κ1) is 34.7. The number of rotatable bonds is 4. The Morgan fingerprint density at radius 2 is 0.952 bits per heavy atom. The van der Waals surface area contributed by atoms with Crippen LogP contribution in [-0.4, -0.2) is 4.57 Å². The van der Waals surface area contributed by atoms with E-state index in [-0.39, 0.29) is 10.8 Å². The molecule has 1 heterocycles. The van der Waals surface area contributed by atoms with E-state index in [2.05, 4.69) is 167 Å². The van der Waals surface area contributed by atoms with Gasteiger partial charge in [0.1, 0.15) is 0 Å². The Hall–Kier alpha value is -5.86. The largest absolute Gasteiger partial charge is 0.310 e. The van der Waals surface area contributed by atoms with Gasteiger partial charge < -0.3 is 9.47 Å². The van der Waals surface area contributed by atoms with E-state index in [0.717, 1.165) is 29.6 Å². The molecule has 6 bridgehead atoms. The van der Waals surface area contributed by atoms with Gasteiger partial charge in [0.05, 0.1) is 11.0 Å². The lowest BCUT2D eigenvalue weighted by Gasteiger charge is -2.53. The Balaban J connectivity index is 0.940. The summed E-state index contributed by atoms with van der Waals surface area (Å²) in [5.41, 5.74) is 20.1. The van der Waals surface area contributed by atoms with Crippen molar-refractivity contribution < 1.29 is 0 Å². The standard InChI is InChI=1S/C60H52N2/c1-5-13-53-47(9-1)49-27-25-45(34-55(49)59(53)36-38-18-19-40(59)31-38)61(43-21-23-44(24-22-43)62-57-15-7-3-11-51(57)52-12-4-8-16-58(52)62)46-26-28-50-48-10-2-6-14-54(48)60(56(50)35-46)41-20-17-37-29-39(32-41)33-42(60)30-37/h1-16,21-28,34-35,37-42H,17-20,29-33,36H2. The lowest BCUT2D eigenvalue weighted by Crippen LogP contribution is -2.48. The summed E-state index contributed by atoms with van der Waals surface area (Å²) in [6.07, 6.45) is 13.9. The second-order valence-corrected chi connectivity index (χ2v) is 20.8. The predicted octanol–water partition coefficient (Wildman–Crippen LogP) is 15.5. The topological polar surface area (TPSA) is 8.17 Å². The van der Waals surface area contributed by atoms with E-state index >= 15 is 0 Å². The molecule has 2 spiro atoms. The number of benzene rings is 7. The number of fused-ring (bicyclic) bond motifs is 15. The van der Waals surface area contributed by atoms with Crippen LogP contribution in [0.5, 0.6) is 0 Å². The average Bonchev–Trinajstić information content (AvgIpc) is 4.11. The van der Waals surface area contributed by atoms with E-state index in [9.17, 15) is 0 Å². The van der Waals surface area contributed by atoms with Crippen molar-refractivity contribution >= 4 is 38.9 Å². The summed E-state index contributed by atoms with van der Waals surface area (Å²) >= 11 is 0. The zero-order chi connectivity index (χ0) is 40.3. The Kier molecular flexibility index (Phi) is 6.94. The first-order valence-corrected chi connectivity index (χ1v) is 24.0. The fourth-order valence-electron chi connectivity index (χ4n) is 16.3. The van der Waals surface area contributed by atoms with Crippen LogP contribution in [0.15, 0.2) is 158 Å². The van der Waals surface area contributed by atoms with E-state index < -0.39 is 0 Å². The molecule has 1 aromatic heterocycles. The second-order valence-electron chi connectivity index (χ2n) is 20.8. The van der Waals surface area contributed by atoms with Crippen molar-refractivity contribution in [2.75, 3.05) is 4.90 Å². The number of nitrogens with zero attached hydrogens (tertiary/aromatic N) is 2. The maximum absolute atomic E-state index is 2.70. The lowest BCUT2D eigenvalue weighted by atomic mass is 9.51. The molecular formula is C60H52N2. The number of anilines is 3. The van der Waals surface area contributed by atoms with Crippen LogP contribution in [0.1, 0.15) is 86.5 Å². The third kappa shape index (κ3) is 4.37. The van der Waals surface area contributed by atoms with Gasteiger partial charge in [0.2, 0.25) is 0 Å². The van der Waals surface area contributed by atoms with Crippen LogP contribution in [0, 0.1) is 35.5 Å². The maximum atomic E-state index is 2.70. The highest BCUT2D eigenvalue weighted by molar-refractivity contribution is 6.09. The molecule has 0 radical (unpaired) electrons. The van der Waals surface area contributed by atoms with Crippen molar-refractivity contribution in [3.05, 3.63) is 180 Å². The van der Waals surface area contributed by atoms with E-state index in [0.29, 0.717) is 5.92 Å². The van der Waals surface area contributed by atoms with Crippen molar-refractivity contribution in [1.82, 2.24) is 4.57 Å². The van der Waals surface area contributed by atoms with Crippen LogP contribution in [-0.2, 0) is 10.8 Å². The van der Waals surface area contributed by atoms with Gasteiger partial charge in [-0.05, 0) is 192 Å². The van der Waals surface area contributed by atoms with Gasteiger partial charge in [0, 0.05) is 44.4 Å². The van der Waals surface area contributed by atoms with Gasteiger partial charge >= 0.3 is 0 Å². The summed E-state index contributed by atoms with van der Waals surface area (Å²) in [6.45, 7) is 0. The second kappa shape index (κ2) is 12.4. The van der Waals surface area contributed by atoms with Crippen molar-refractivity contribution in [2.24, 2.45) is 35.5 Å². The van der Waals surface area contributed by atoms with Crippen LogP contribution in [0.3, 0.4) is 0 Å². The number of para-hydroxylation sites is 2. The van der Waals surface area contributed by atoms with Crippen LogP contribution < -0.4 is 4.90 Å². The molecule has 2 heteroatoms. The summed E-state index contributed by atoms with van der Waals surface area (Å²) in [6, 6.07) is 61.7. The van der Waals surface area contributed by atoms with Crippen LogP contribution in [0.4, 0.5) is 17.1 Å². The quantitative estimate of drug-likeness (QED) is 0.172. The highest BCUT2D eigenvalue weighted by Gasteiger charge is 2.60. The molecule has 8 unspecified atom stereocenters. The molecule has 8 aliphatic carbocycles. The number of aromatic nitrogens is 1. The lowest BCUT2D eigenvalue weighted by molar-refractivity contribution is 0.0618. The Labute approximate surface area is 365 Å². The monoisotopic (exact) mass is 800 g/mol. The molecular weight excluding hydrogens is 749 g/mol. The minimum absolute atomic E-state index is 0.104. The molecule has 6 fully saturated rings. The molecule has 2 nitrogen and oxygen atoms in total. The van der Waals surface area contributed by atoms with Crippen LogP contribution >= 0.6 is 0 Å². The molecule has 0 aliphatic heterocycles. The van der Waals surface area contributed by atoms with Gasteiger partial charge in [-0.1, -0.05) is 110 Å². The smallest absolute Gasteiger partial charge is 0.0541 e. The SMILES string of the molecule is c1ccc2c(c1)-c1ccc(N(c3ccc(-n4c5ccccc5c5ccccc54)cc3)c3ccc4c(c3)C3(c5ccccc5-4)C4CCC5CC(C4)CC3C5)cc1C21CC2CCC1C2. The fourth-order valence-corrected chi connectivity index (χ4v) is 16.3. The van der Waals surface area contributed by atoms with Gasteiger partial charge in [0.25, 0.3) is 0 Å². The molecule has 302 valence electrons. The fraction of sp³-hybridized carbons (Fsp3) is 0.300. The number of hydrogen-bond donors (Lipinski definition) is 0. The van der Waals surface area contributed by atoms with Crippen molar-refractivity contribution in [1.29, 1.82) is 0 Å². The minimum atomic E-state index is 0.104. The highest BCUT2D eigenvalue weighted by atomic mass is 15.1. The normalized spacial score (nSPS) is 29.1. The van der Waals surface area contributed by atoms with E-state index in [1.165, 1.54) is 131 Å². The summed E-state index contributed by atoms with van der Waals surface area (Å²) in [7, 11) is 0. The maximum Gasteiger partial charge on any atom is 0.0541 e. The molecule has 0 N–H and O–H groups in total. The van der Waals surface area contributed by atoms with E-state index in [4.69, 9.17) is 0 Å². The van der Waals surface area contributed by atoms with Gasteiger partial charge in [-0.2, -0.15) is 0 Å². The zero-order valence-corrected chi connectivity index (χ0v) is 35.4. The minimum Gasteiger partial charge on any atom is -0.310 e. The summed E-state index contributed by atoms with van der Waals surface area (Å²) in [5.74, 6) is 4.82. The Bertz CT molecular complexity index is 3110. The Morgan fingerprint density at radius 3 is 1.68 bits per heavy atom. The average molecular weight is 801 g/mol. The molecule has 8 aromatic rings. The summed E-state index contributed by atoms with van der Waals surface area (Å²) in [5, 5.41) is 2.60. The summed E-state index contributed by atoms with van der Waals surface area (Å²) < 4.78 is 2.45. The molecule has 16 rings (SSSR count). The number of hydrogen-bond acceptors (Lipinski definition) is 1. The van der Waals surface area contributed by atoms with Gasteiger partial charge in [-0.3, -0.25) is 0 Å². The molecule has 62 heavy (non-hydrogen) atoms. The molecule has 7 aromatic carbocycles. The van der Waals surface area contributed by atoms with E-state index in [1.54, 1.807) is 22.3 Å². The van der Waals surface area contributed by atoms with E-state index in [1.807, 2.05) is 0 Å². The zero-order valence-electron chi connectivity index (χ0n) is 35.4. The summed E-state index contributed by atoms with van der Waals surface area (Å²) in [4.78, 5) is 2.64. The van der Waals surface area contributed by atoms with Crippen molar-refractivity contribution in [3.63, 3.8) is 0 Å². The third-order valence-corrected chi connectivity index (χ3v) is 18.3. The molecule has 6 saturated carbocycles. The molecule has 8 atom stereocenters. The van der Waals surface area contributed by atoms with Crippen molar-refractivity contribution in [2.45, 2.75) is 75.0 Å². The van der Waals surface area contributed by atoms with Crippen LogP contribution in [0.2, 0.25) is 0 Å². The third-order valence-electron chi connectivity index (χ3n) is 18.3. The Morgan fingerprint density at radius 1 is 0.403 bits per heavy atom. The van der Waals surface area contributed by atoms with Gasteiger partial charge in [-0.25, -0.2) is 0 Å². The van der Waals surface area contributed by atoms with Gasteiger partial charge in [-0.15, -0.1) is 0 Å².